The van der Waals surface area contributed by atoms with E-state index in [0.717, 1.165) is 16.8 Å². The molecule has 7 nitrogen and oxygen atoms in total. The normalized spacial score (nSPS) is 16.2. The van der Waals surface area contributed by atoms with Crippen LogP contribution in [0, 0.1) is 10.1 Å². The topological polar surface area (TPSA) is 90.8 Å². The van der Waals surface area contributed by atoms with E-state index >= 15 is 0 Å². The molecule has 1 aliphatic heterocycles. The van der Waals surface area contributed by atoms with Crippen LogP contribution in [0.1, 0.15) is 17.7 Å². The van der Waals surface area contributed by atoms with Gasteiger partial charge in [-0.1, -0.05) is 34.0 Å². The second kappa shape index (κ2) is 7.66. The Morgan fingerprint density at radius 3 is 2.54 bits per heavy atom. The van der Waals surface area contributed by atoms with Gasteiger partial charge in [0.05, 0.1) is 10.6 Å². The highest BCUT2D eigenvalue weighted by atomic mass is 35.5. The number of nitro groups is 1. The zero-order chi connectivity index (χ0) is 19.5. The van der Waals surface area contributed by atoms with Gasteiger partial charge >= 0.3 is 0 Å². The first-order valence-electron chi connectivity index (χ1n) is 8.47. The van der Waals surface area contributed by atoms with Gasteiger partial charge < -0.3 is 9.36 Å². The Kier molecular flexibility index (Phi) is 4.90. The molecule has 0 saturated heterocycles. The van der Waals surface area contributed by atoms with E-state index in [2.05, 4.69) is 10.3 Å². The average molecular weight is 396 g/mol. The lowest BCUT2D eigenvalue weighted by molar-refractivity contribution is -0.384. The monoisotopic (exact) mass is 395 g/mol. The van der Waals surface area contributed by atoms with Crippen LogP contribution >= 0.6 is 11.6 Å². The van der Waals surface area contributed by atoms with Crippen molar-refractivity contribution in [3.05, 3.63) is 87.1 Å². The Bertz CT molecular complexity index is 1060. The summed E-state index contributed by atoms with van der Waals surface area (Å²) in [7, 11) is 0. The van der Waals surface area contributed by atoms with E-state index in [-0.39, 0.29) is 11.8 Å². The predicted octanol–water partition coefficient (Wildman–Crippen LogP) is 5.11. The van der Waals surface area contributed by atoms with E-state index in [1.54, 1.807) is 30.3 Å². The Labute approximate surface area is 165 Å². The Hall–Kier alpha value is -3.45. The fourth-order valence-electron chi connectivity index (χ4n) is 2.77. The second-order valence-corrected chi connectivity index (χ2v) is 6.61. The van der Waals surface area contributed by atoms with Gasteiger partial charge in [-0.25, -0.2) is 0 Å². The van der Waals surface area contributed by atoms with Gasteiger partial charge in [0.25, 0.3) is 5.69 Å². The third kappa shape index (κ3) is 3.94. The summed E-state index contributed by atoms with van der Waals surface area (Å²) >= 11 is 5.89. The third-order valence-electron chi connectivity index (χ3n) is 4.25. The van der Waals surface area contributed by atoms with Crippen molar-refractivity contribution in [2.24, 2.45) is 5.16 Å². The summed E-state index contributed by atoms with van der Waals surface area (Å²) in [5.41, 5.74) is 3.21. The van der Waals surface area contributed by atoms with Crippen LogP contribution in [0.2, 0.25) is 5.02 Å². The Morgan fingerprint density at radius 2 is 1.82 bits per heavy atom. The molecule has 1 atom stereocenters. The van der Waals surface area contributed by atoms with Crippen molar-refractivity contribution in [2.75, 3.05) is 0 Å². The van der Waals surface area contributed by atoms with E-state index in [1.807, 2.05) is 24.3 Å². The zero-order valence-corrected chi connectivity index (χ0v) is 15.2. The number of rotatable bonds is 5. The lowest BCUT2D eigenvalue weighted by Crippen LogP contribution is -2.05. The molecule has 0 radical (unpaired) electrons. The number of nitrogens with zero attached hydrogens (tertiary/aromatic N) is 3. The van der Waals surface area contributed by atoms with E-state index in [1.165, 1.54) is 12.1 Å². The van der Waals surface area contributed by atoms with Gasteiger partial charge in [-0.15, -0.1) is 0 Å². The molecule has 0 aliphatic carbocycles. The molecule has 2 aromatic carbocycles. The highest BCUT2D eigenvalue weighted by molar-refractivity contribution is 6.30. The van der Waals surface area contributed by atoms with E-state index in [9.17, 15) is 10.1 Å². The first kappa shape index (κ1) is 17.9. The van der Waals surface area contributed by atoms with Crippen molar-refractivity contribution in [2.45, 2.75) is 12.5 Å². The Balaban J connectivity index is 1.39. The zero-order valence-electron chi connectivity index (χ0n) is 14.5. The minimum atomic E-state index is -0.433. The first-order valence-corrected chi connectivity index (χ1v) is 8.85. The van der Waals surface area contributed by atoms with Gasteiger partial charge in [0.15, 0.2) is 11.9 Å². The molecule has 2 heterocycles. The number of nitro benzene ring substituents is 1. The highest BCUT2D eigenvalue weighted by Gasteiger charge is 2.20. The summed E-state index contributed by atoms with van der Waals surface area (Å²) in [6.45, 7) is 0. The maximum atomic E-state index is 10.7. The van der Waals surface area contributed by atoms with Gasteiger partial charge in [-0.2, -0.15) is 0 Å². The van der Waals surface area contributed by atoms with Crippen LogP contribution < -0.4 is 0 Å². The molecular weight excluding hydrogens is 382 g/mol. The minimum Gasteiger partial charge on any atom is -0.388 e. The fourth-order valence-corrected chi connectivity index (χ4v) is 2.90. The predicted molar refractivity (Wildman–Crippen MR) is 105 cm³/mol. The molecule has 3 aromatic rings. The molecule has 0 fully saturated rings. The molecule has 8 heteroatoms. The largest absolute Gasteiger partial charge is 0.388 e. The smallest absolute Gasteiger partial charge is 0.269 e. The number of aromatic nitrogens is 1. The molecule has 0 N–H and O–H groups in total. The fraction of sp³-hybridized carbons (Fsp3) is 0.100. The molecule has 1 aliphatic rings. The molecule has 28 heavy (non-hydrogen) atoms. The van der Waals surface area contributed by atoms with Crippen molar-refractivity contribution in [1.82, 2.24) is 5.16 Å². The summed E-state index contributed by atoms with van der Waals surface area (Å²) in [5, 5.41) is 19.5. The van der Waals surface area contributed by atoms with E-state index in [0.29, 0.717) is 22.9 Å². The van der Waals surface area contributed by atoms with Gasteiger partial charge in [0.2, 0.25) is 0 Å². The lowest BCUT2D eigenvalue weighted by atomic mass is 10.0. The van der Waals surface area contributed by atoms with Crippen LogP contribution in [-0.2, 0) is 4.84 Å². The molecule has 1 aromatic heterocycles. The lowest BCUT2D eigenvalue weighted by Gasteiger charge is -2.00. The summed E-state index contributed by atoms with van der Waals surface area (Å²) in [4.78, 5) is 15.7. The quantitative estimate of drug-likeness (QED) is 0.442. The molecule has 0 spiro atoms. The molecule has 0 amide bonds. The average Bonchev–Trinajstić information content (AvgIpc) is 3.37. The number of halogens is 1. The maximum absolute atomic E-state index is 10.7. The van der Waals surface area contributed by atoms with Gasteiger partial charge in [0, 0.05) is 35.2 Å². The molecular formula is C20H14ClN3O4. The van der Waals surface area contributed by atoms with Gasteiger partial charge in [-0.3, -0.25) is 10.1 Å². The molecule has 4 rings (SSSR count). The van der Waals surface area contributed by atoms with Crippen LogP contribution in [0.3, 0.4) is 0 Å². The first-order chi connectivity index (χ1) is 13.6. The molecule has 0 bridgehead atoms. The summed E-state index contributed by atoms with van der Waals surface area (Å²) in [6, 6.07) is 15.4. The summed E-state index contributed by atoms with van der Waals surface area (Å²) in [6.07, 6.45) is 3.95. The van der Waals surface area contributed by atoms with Crippen molar-refractivity contribution >= 4 is 29.1 Å². The van der Waals surface area contributed by atoms with Crippen LogP contribution in [0.4, 0.5) is 5.69 Å². The maximum Gasteiger partial charge on any atom is 0.269 e. The Morgan fingerprint density at radius 1 is 1.11 bits per heavy atom. The summed E-state index contributed by atoms with van der Waals surface area (Å²) in [5.74, 6) is 0.595. The number of hydrogen-bond donors (Lipinski definition) is 0. The van der Waals surface area contributed by atoms with Crippen molar-refractivity contribution in [3.8, 4) is 11.3 Å². The number of non-ortho nitro benzene ring substituents is 1. The van der Waals surface area contributed by atoms with Crippen molar-refractivity contribution in [1.29, 1.82) is 0 Å². The minimum absolute atomic E-state index is 0.0431. The number of benzene rings is 2. The van der Waals surface area contributed by atoms with Crippen LogP contribution in [0.25, 0.3) is 17.3 Å². The third-order valence-corrected chi connectivity index (χ3v) is 4.50. The van der Waals surface area contributed by atoms with E-state index in [4.69, 9.17) is 21.0 Å². The molecule has 1 unspecified atom stereocenters. The van der Waals surface area contributed by atoms with Crippen LogP contribution in [-0.4, -0.2) is 21.9 Å². The van der Waals surface area contributed by atoms with Crippen LogP contribution in [0.15, 0.2) is 70.4 Å². The van der Waals surface area contributed by atoms with E-state index < -0.39 is 4.92 Å². The van der Waals surface area contributed by atoms with Crippen LogP contribution in [0.5, 0.6) is 0 Å². The highest BCUT2D eigenvalue weighted by Crippen LogP contribution is 2.23. The molecule has 140 valence electrons. The summed E-state index contributed by atoms with van der Waals surface area (Å²) < 4.78 is 5.33. The number of oxime groups is 1. The second-order valence-electron chi connectivity index (χ2n) is 6.17. The van der Waals surface area contributed by atoms with Gasteiger partial charge in [-0.05, 0) is 42.0 Å². The number of hydrogen-bond acceptors (Lipinski definition) is 6. The van der Waals surface area contributed by atoms with Crippen molar-refractivity contribution in [3.63, 3.8) is 0 Å². The molecule has 0 saturated carbocycles. The van der Waals surface area contributed by atoms with Gasteiger partial charge in [0.1, 0.15) is 5.69 Å². The SMILES string of the molecule is O=[N+]([O-])c1ccc(C2=NOC(/C=C/c3cc(-c4ccc(Cl)cc4)no3)C2)cc1. The standard InChI is InChI=1S/C20H14ClN3O4/c21-15-5-1-13(2-6-15)19-11-17(27-22-19)9-10-18-12-20(23-28-18)14-3-7-16(8-4-14)24(25)26/h1-11,18H,12H2/b10-9+. The van der Waals surface area contributed by atoms with Crippen molar-refractivity contribution < 1.29 is 14.3 Å².